The van der Waals surface area contributed by atoms with E-state index in [0.29, 0.717) is 5.92 Å². The van der Waals surface area contributed by atoms with Crippen molar-refractivity contribution in [2.75, 3.05) is 5.32 Å². The summed E-state index contributed by atoms with van der Waals surface area (Å²) >= 11 is 0. The van der Waals surface area contributed by atoms with Gasteiger partial charge in [-0.15, -0.1) is 0 Å². The maximum atomic E-state index is 13.3. The third kappa shape index (κ3) is 7.12. The highest BCUT2D eigenvalue weighted by molar-refractivity contribution is 5.96. The molecule has 0 radical (unpaired) electrons. The van der Waals surface area contributed by atoms with Crippen LogP contribution in [0.5, 0.6) is 0 Å². The molecule has 0 aliphatic heterocycles. The first-order valence-corrected chi connectivity index (χ1v) is 11.4. The second-order valence-corrected chi connectivity index (χ2v) is 8.74. The fourth-order valence-corrected chi connectivity index (χ4v) is 4.54. The summed E-state index contributed by atoms with van der Waals surface area (Å²) in [5.41, 5.74) is 4.80. The quantitative estimate of drug-likeness (QED) is 0.485. The number of carbonyl (C=O) groups is 2. The standard InChI is InChI=1S/C25H31NO.CH2O3/c1-2-18-12-14-22(15-13-18)24(21-7-3-4-8-21)25(27)26-23-9-5-6-20(17-23)16-19-10-11-19;2-1(3)4/h5-6,9,12-15,17,19,21,24H,2-4,7-8,10-11,16H2,1H3,(H,26,27);(H2,2,3,4)/t24-;/m0./s1. The number of hydrogen-bond acceptors (Lipinski definition) is 2. The zero-order valence-corrected chi connectivity index (χ0v) is 18.2. The van der Waals surface area contributed by atoms with E-state index in [9.17, 15) is 4.79 Å². The van der Waals surface area contributed by atoms with Crippen LogP contribution >= 0.6 is 0 Å². The predicted molar refractivity (Wildman–Crippen MR) is 123 cm³/mol. The minimum Gasteiger partial charge on any atom is -0.450 e. The van der Waals surface area contributed by atoms with Crippen LogP contribution in [0, 0.1) is 11.8 Å². The monoisotopic (exact) mass is 423 g/mol. The molecule has 166 valence electrons. The summed E-state index contributed by atoms with van der Waals surface area (Å²) in [6.45, 7) is 2.17. The number of amides is 1. The summed E-state index contributed by atoms with van der Waals surface area (Å²) < 4.78 is 0. The Morgan fingerprint density at radius 3 is 2.19 bits per heavy atom. The normalized spacial score (nSPS) is 16.8. The molecular formula is C26H33NO4. The van der Waals surface area contributed by atoms with Crippen LogP contribution in [0.15, 0.2) is 48.5 Å². The number of hydrogen-bond donors (Lipinski definition) is 3. The van der Waals surface area contributed by atoms with Gasteiger partial charge in [-0.1, -0.05) is 56.2 Å². The van der Waals surface area contributed by atoms with Crippen LogP contribution in [0.4, 0.5) is 10.5 Å². The molecule has 2 aliphatic carbocycles. The summed E-state index contributed by atoms with van der Waals surface area (Å²) in [7, 11) is 0. The molecule has 0 heterocycles. The van der Waals surface area contributed by atoms with Crippen molar-refractivity contribution in [2.24, 2.45) is 11.8 Å². The van der Waals surface area contributed by atoms with Crippen molar-refractivity contribution >= 4 is 17.7 Å². The van der Waals surface area contributed by atoms with Gasteiger partial charge in [0.25, 0.3) is 0 Å². The van der Waals surface area contributed by atoms with Gasteiger partial charge in [0.1, 0.15) is 0 Å². The molecule has 1 atom stereocenters. The van der Waals surface area contributed by atoms with Crippen molar-refractivity contribution in [3.05, 3.63) is 65.2 Å². The molecule has 1 amide bonds. The SMILES string of the molecule is CCc1ccc([C@@H](C(=O)Nc2cccc(CC3CC3)c2)C2CCCC2)cc1.O=C(O)O. The molecule has 2 saturated carbocycles. The van der Waals surface area contributed by atoms with Crippen molar-refractivity contribution in [2.45, 2.75) is 64.2 Å². The molecule has 0 aromatic heterocycles. The number of rotatable bonds is 7. The van der Waals surface area contributed by atoms with Crippen molar-refractivity contribution in [1.82, 2.24) is 0 Å². The topological polar surface area (TPSA) is 86.6 Å². The Hall–Kier alpha value is -2.82. The van der Waals surface area contributed by atoms with E-state index in [1.165, 1.54) is 42.4 Å². The fourth-order valence-electron chi connectivity index (χ4n) is 4.54. The Morgan fingerprint density at radius 2 is 1.61 bits per heavy atom. The maximum Gasteiger partial charge on any atom is 0.503 e. The highest BCUT2D eigenvalue weighted by Gasteiger charge is 2.32. The third-order valence-electron chi connectivity index (χ3n) is 6.32. The summed E-state index contributed by atoms with van der Waals surface area (Å²) in [5.74, 6) is 1.45. The fraction of sp³-hybridized carbons (Fsp3) is 0.462. The van der Waals surface area contributed by atoms with Gasteiger partial charge in [-0.3, -0.25) is 4.79 Å². The lowest BCUT2D eigenvalue weighted by Gasteiger charge is -2.23. The van der Waals surface area contributed by atoms with E-state index < -0.39 is 6.16 Å². The van der Waals surface area contributed by atoms with E-state index in [1.54, 1.807) is 0 Å². The van der Waals surface area contributed by atoms with Crippen LogP contribution in [0.25, 0.3) is 0 Å². The van der Waals surface area contributed by atoms with Gasteiger partial charge < -0.3 is 15.5 Å². The Labute approximate surface area is 184 Å². The third-order valence-corrected chi connectivity index (χ3v) is 6.32. The average Bonchev–Trinajstić information content (AvgIpc) is 3.39. The van der Waals surface area contributed by atoms with Crippen LogP contribution in [0.1, 0.15) is 68.1 Å². The highest BCUT2D eigenvalue weighted by atomic mass is 16.6. The Kier molecular flexibility index (Phi) is 8.10. The smallest absolute Gasteiger partial charge is 0.450 e. The van der Waals surface area contributed by atoms with E-state index >= 15 is 0 Å². The van der Waals surface area contributed by atoms with E-state index in [4.69, 9.17) is 15.0 Å². The first-order valence-electron chi connectivity index (χ1n) is 11.4. The molecule has 0 spiro atoms. The molecule has 31 heavy (non-hydrogen) atoms. The van der Waals surface area contributed by atoms with Crippen molar-refractivity contribution in [3.63, 3.8) is 0 Å². The molecule has 2 aromatic carbocycles. The molecular weight excluding hydrogens is 390 g/mol. The summed E-state index contributed by atoms with van der Waals surface area (Å²) in [6.07, 6.45) is 7.88. The molecule has 2 aromatic rings. The summed E-state index contributed by atoms with van der Waals surface area (Å²) in [4.78, 5) is 21.8. The van der Waals surface area contributed by atoms with E-state index in [0.717, 1.165) is 37.3 Å². The lowest BCUT2D eigenvalue weighted by atomic mass is 9.83. The summed E-state index contributed by atoms with van der Waals surface area (Å²) in [5, 5.41) is 17.2. The van der Waals surface area contributed by atoms with Crippen LogP contribution in [-0.2, 0) is 17.6 Å². The van der Waals surface area contributed by atoms with Gasteiger partial charge in [-0.05, 0) is 79.2 Å². The van der Waals surface area contributed by atoms with E-state index in [1.807, 2.05) is 6.07 Å². The minimum absolute atomic E-state index is 0.0366. The zero-order chi connectivity index (χ0) is 22.2. The molecule has 2 aliphatic rings. The largest absolute Gasteiger partial charge is 0.503 e. The number of carbonyl (C=O) groups excluding carboxylic acids is 1. The number of carboxylic acid groups (broad SMARTS) is 2. The number of aryl methyl sites for hydroxylation is 1. The number of benzene rings is 2. The molecule has 3 N–H and O–H groups in total. The van der Waals surface area contributed by atoms with Gasteiger partial charge in [0.15, 0.2) is 0 Å². The van der Waals surface area contributed by atoms with E-state index in [-0.39, 0.29) is 11.8 Å². The van der Waals surface area contributed by atoms with Gasteiger partial charge >= 0.3 is 6.16 Å². The molecule has 5 heteroatoms. The van der Waals surface area contributed by atoms with Crippen LogP contribution < -0.4 is 5.32 Å². The Balaban J connectivity index is 0.000000628. The van der Waals surface area contributed by atoms with Crippen LogP contribution in [0.2, 0.25) is 0 Å². The second-order valence-electron chi connectivity index (χ2n) is 8.74. The maximum absolute atomic E-state index is 13.3. The van der Waals surface area contributed by atoms with Gasteiger partial charge in [0.05, 0.1) is 5.92 Å². The summed E-state index contributed by atoms with van der Waals surface area (Å²) in [6, 6.07) is 17.2. The highest BCUT2D eigenvalue weighted by Crippen LogP contribution is 2.38. The van der Waals surface area contributed by atoms with Gasteiger partial charge in [-0.2, -0.15) is 0 Å². The van der Waals surface area contributed by atoms with Gasteiger partial charge in [0.2, 0.25) is 5.91 Å². The Bertz CT molecular complexity index is 863. The van der Waals surface area contributed by atoms with Gasteiger partial charge in [-0.25, -0.2) is 4.79 Å². The average molecular weight is 424 g/mol. The Morgan fingerprint density at radius 1 is 0.968 bits per heavy atom. The first kappa shape index (κ1) is 22.9. The second kappa shape index (κ2) is 11.0. The molecule has 2 fully saturated rings. The van der Waals surface area contributed by atoms with Crippen LogP contribution in [-0.4, -0.2) is 22.3 Å². The lowest BCUT2D eigenvalue weighted by Crippen LogP contribution is -2.26. The molecule has 0 unspecified atom stereocenters. The zero-order valence-electron chi connectivity index (χ0n) is 18.2. The predicted octanol–water partition coefficient (Wildman–Crippen LogP) is 6.34. The lowest BCUT2D eigenvalue weighted by molar-refractivity contribution is -0.118. The van der Waals surface area contributed by atoms with E-state index in [2.05, 4.69) is 54.7 Å². The number of anilines is 1. The number of nitrogens with one attached hydrogen (secondary N) is 1. The van der Waals surface area contributed by atoms with Crippen molar-refractivity contribution < 1.29 is 19.8 Å². The molecule has 0 saturated heterocycles. The van der Waals surface area contributed by atoms with Gasteiger partial charge in [0, 0.05) is 5.69 Å². The first-order chi connectivity index (χ1) is 15.0. The molecule has 4 rings (SSSR count). The molecule has 5 nitrogen and oxygen atoms in total. The van der Waals surface area contributed by atoms with Crippen molar-refractivity contribution in [1.29, 1.82) is 0 Å². The minimum atomic E-state index is -1.83. The molecule has 0 bridgehead atoms. The van der Waals surface area contributed by atoms with Crippen molar-refractivity contribution in [3.8, 4) is 0 Å². The van der Waals surface area contributed by atoms with Crippen LogP contribution in [0.3, 0.4) is 0 Å².